The lowest BCUT2D eigenvalue weighted by Crippen LogP contribution is -2.10. The highest BCUT2D eigenvalue weighted by atomic mass is 35.5. The normalized spacial score (nSPS) is 11.5. The smallest absolute Gasteiger partial charge is 0.354 e. The van der Waals surface area contributed by atoms with Crippen molar-refractivity contribution in [3.8, 4) is 11.8 Å². The molecule has 142 valence electrons. The standard InChI is InChI=1S/C23H21ClN2O2/c1-4-11-26-15(2)12-17(16(26)3)13-18(14-25)23(27)28-22-10-9-21(24)19-7-5-6-8-20(19)22/h5-10,12-13H,4,11H2,1-3H3/b18-13-. The van der Waals surface area contributed by atoms with Crippen LogP contribution in [0.4, 0.5) is 0 Å². The summed E-state index contributed by atoms with van der Waals surface area (Å²) in [5.74, 6) is -0.308. The van der Waals surface area contributed by atoms with E-state index in [2.05, 4.69) is 11.5 Å². The summed E-state index contributed by atoms with van der Waals surface area (Å²) < 4.78 is 7.72. The average Bonchev–Trinajstić information content (AvgIpc) is 2.96. The number of carbonyl (C=O) groups excluding carboxylic acids is 1. The maximum Gasteiger partial charge on any atom is 0.354 e. The molecular weight excluding hydrogens is 372 g/mol. The van der Waals surface area contributed by atoms with E-state index in [0.717, 1.165) is 40.7 Å². The zero-order valence-electron chi connectivity index (χ0n) is 16.1. The van der Waals surface area contributed by atoms with Crippen LogP contribution < -0.4 is 4.74 Å². The van der Waals surface area contributed by atoms with Gasteiger partial charge < -0.3 is 9.30 Å². The molecule has 3 aromatic rings. The molecule has 0 fully saturated rings. The Bertz CT molecular complexity index is 1120. The summed E-state index contributed by atoms with van der Waals surface area (Å²) in [6.45, 7) is 7.02. The van der Waals surface area contributed by atoms with Crippen molar-refractivity contribution in [3.05, 3.63) is 70.0 Å². The molecule has 28 heavy (non-hydrogen) atoms. The fourth-order valence-electron chi connectivity index (χ4n) is 3.31. The van der Waals surface area contributed by atoms with E-state index in [4.69, 9.17) is 16.3 Å². The Hall–Kier alpha value is -3.03. The van der Waals surface area contributed by atoms with Gasteiger partial charge in [-0.3, -0.25) is 0 Å². The molecule has 0 spiro atoms. The molecule has 3 rings (SSSR count). The summed E-state index contributed by atoms with van der Waals surface area (Å²) in [4.78, 5) is 12.7. The molecule has 0 aliphatic carbocycles. The van der Waals surface area contributed by atoms with E-state index >= 15 is 0 Å². The number of ether oxygens (including phenoxy) is 1. The van der Waals surface area contributed by atoms with E-state index < -0.39 is 5.97 Å². The highest BCUT2D eigenvalue weighted by molar-refractivity contribution is 6.35. The van der Waals surface area contributed by atoms with Crippen LogP contribution in [0, 0.1) is 25.2 Å². The number of benzene rings is 2. The van der Waals surface area contributed by atoms with E-state index in [9.17, 15) is 10.1 Å². The number of hydrogen-bond acceptors (Lipinski definition) is 3. The maximum absolute atomic E-state index is 12.7. The highest BCUT2D eigenvalue weighted by Gasteiger charge is 2.16. The van der Waals surface area contributed by atoms with Gasteiger partial charge in [-0.05, 0) is 50.1 Å². The largest absolute Gasteiger partial charge is 0.422 e. The fraction of sp³-hybridized carbons (Fsp3) is 0.217. The number of fused-ring (bicyclic) bond motifs is 1. The second-order valence-corrected chi connectivity index (χ2v) is 7.04. The van der Waals surface area contributed by atoms with Gasteiger partial charge in [-0.1, -0.05) is 42.8 Å². The van der Waals surface area contributed by atoms with Gasteiger partial charge in [-0.25, -0.2) is 4.79 Å². The number of nitrogens with zero attached hydrogens (tertiary/aromatic N) is 2. The third kappa shape index (κ3) is 3.81. The maximum atomic E-state index is 12.7. The molecule has 2 aromatic carbocycles. The first-order valence-corrected chi connectivity index (χ1v) is 9.52. The fourth-order valence-corrected chi connectivity index (χ4v) is 3.54. The second-order valence-electron chi connectivity index (χ2n) is 6.63. The molecule has 0 aliphatic heterocycles. The number of halogens is 1. The SMILES string of the molecule is CCCn1c(C)cc(/C=C(/C#N)C(=O)Oc2ccc(Cl)c3ccccc23)c1C. The summed E-state index contributed by atoms with van der Waals surface area (Å²) >= 11 is 6.22. The minimum absolute atomic E-state index is 0.0456. The van der Waals surface area contributed by atoms with Crippen LogP contribution in [-0.4, -0.2) is 10.5 Å². The molecule has 0 amide bonds. The number of nitriles is 1. The molecule has 0 radical (unpaired) electrons. The van der Waals surface area contributed by atoms with Crippen LogP contribution in [0.5, 0.6) is 5.75 Å². The van der Waals surface area contributed by atoms with Crippen LogP contribution in [0.25, 0.3) is 16.8 Å². The summed E-state index contributed by atoms with van der Waals surface area (Å²) in [6.07, 6.45) is 2.60. The zero-order valence-corrected chi connectivity index (χ0v) is 16.9. The van der Waals surface area contributed by atoms with Crippen molar-refractivity contribution in [1.82, 2.24) is 4.57 Å². The lowest BCUT2D eigenvalue weighted by molar-refractivity contribution is -0.129. The van der Waals surface area contributed by atoms with Crippen molar-refractivity contribution in [1.29, 1.82) is 5.26 Å². The van der Waals surface area contributed by atoms with Crippen molar-refractivity contribution >= 4 is 34.4 Å². The topological polar surface area (TPSA) is 55.0 Å². The van der Waals surface area contributed by atoms with Gasteiger partial charge in [-0.15, -0.1) is 0 Å². The van der Waals surface area contributed by atoms with Gasteiger partial charge in [-0.2, -0.15) is 5.26 Å². The lowest BCUT2D eigenvalue weighted by atomic mass is 10.1. The van der Waals surface area contributed by atoms with E-state index in [1.54, 1.807) is 18.2 Å². The predicted octanol–water partition coefficient (Wildman–Crippen LogP) is 5.83. The number of carbonyl (C=O) groups is 1. The van der Waals surface area contributed by atoms with Crippen LogP contribution in [0.1, 0.15) is 30.3 Å². The Morgan fingerprint density at radius 3 is 2.61 bits per heavy atom. The number of aryl methyl sites for hydroxylation is 1. The minimum atomic E-state index is -0.685. The molecule has 0 atom stereocenters. The van der Waals surface area contributed by atoms with E-state index in [0.29, 0.717) is 10.8 Å². The number of rotatable bonds is 5. The molecule has 0 N–H and O–H groups in total. The minimum Gasteiger partial charge on any atom is -0.422 e. The molecular formula is C23H21ClN2O2. The average molecular weight is 393 g/mol. The Morgan fingerprint density at radius 2 is 1.93 bits per heavy atom. The first kappa shape index (κ1) is 19.7. The van der Waals surface area contributed by atoms with Gasteiger partial charge in [0, 0.05) is 33.7 Å². The molecule has 0 bridgehead atoms. The van der Waals surface area contributed by atoms with Gasteiger partial charge in [0.15, 0.2) is 0 Å². The van der Waals surface area contributed by atoms with Gasteiger partial charge in [0.2, 0.25) is 0 Å². The Balaban J connectivity index is 1.94. The molecule has 0 aliphatic rings. The van der Waals surface area contributed by atoms with Crippen molar-refractivity contribution in [2.45, 2.75) is 33.7 Å². The van der Waals surface area contributed by atoms with Crippen LogP contribution >= 0.6 is 11.6 Å². The Labute approximate surface area is 169 Å². The van der Waals surface area contributed by atoms with Gasteiger partial charge in [0.05, 0.1) is 0 Å². The summed E-state index contributed by atoms with van der Waals surface area (Å²) in [5, 5.41) is 11.6. The van der Waals surface area contributed by atoms with Crippen LogP contribution in [0.15, 0.2) is 48.0 Å². The van der Waals surface area contributed by atoms with Crippen LogP contribution in [0.3, 0.4) is 0 Å². The van der Waals surface area contributed by atoms with Crippen LogP contribution in [-0.2, 0) is 11.3 Å². The highest BCUT2D eigenvalue weighted by Crippen LogP contribution is 2.31. The summed E-state index contributed by atoms with van der Waals surface area (Å²) in [5.41, 5.74) is 2.92. The van der Waals surface area contributed by atoms with E-state index in [-0.39, 0.29) is 5.57 Å². The third-order valence-electron chi connectivity index (χ3n) is 4.73. The number of hydrogen-bond donors (Lipinski definition) is 0. The molecule has 1 heterocycles. The van der Waals surface area contributed by atoms with E-state index in [1.165, 1.54) is 0 Å². The predicted molar refractivity (Wildman–Crippen MR) is 112 cm³/mol. The van der Waals surface area contributed by atoms with Crippen molar-refractivity contribution in [3.63, 3.8) is 0 Å². The molecule has 5 heteroatoms. The van der Waals surface area contributed by atoms with Gasteiger partial charge in [0.25, 0.3) is 0 Å². The van der Waals surface area contributed by atoms with Crippen molar-refractivity contribution < 1.29 is 9.53 Å². The Kier molecular flexibility index (Phi) is 5.87. The molecule has 0 unspecified atom stereocenters. The second kappa shape index (κ2) is 8.33. The third-order valence-corrected chi connectivity index (χ3v) is 5.06. The van der Waals surface area contributed by atoms with Crippen molar-refractivity contribution in [2.24, 2.45) is 0 Å². The van der Waals surface area contributed by atoms with Gasteiger partial charge in [0.1, 0.15) is 17.4 Å². The zero-order chi connectivity index (χ0) is 20.3. The molecule has 0 saturated heterocycles. The summed E-state index contributed by atoms with van der Waals surface area (Å²) in [7, 11) is 0. The molecule has 1 aromatic heterocycles. The number of aromatic nitrogens is 1. The quantitative estimate of drug-likeness (QED) is 0.237. The first-order valence-electron chi connectivity index (χ1n) is 9.14. The lowest BCUT2D eigenvalue weighted by Gasteiger charge is -2.09. The molecule has 0 saturated carbocycles. The number of esters is 1. The van der Waals surface area contributed by atoms with Crippen LogP contribution in [0.2, 0.25) is 5.02 Å². The first-order chi connectivity index (χ1) is 13.5. The monoisotopic (exact) mass is 392 g/mol. The van der Waals surface area contributed by atoms with E-state index in [1.807, 2.05) is 50.2 Å². The molecule has 4 nitrogen and oxygen atoms in total. The summed E-state index contributed by atoms with van der Waals surface area (Å²) in [6, 6.07) is 14.7. The Morgan fingerprint density at radius 1 is 1.21 bits per heavy atom. The van der Waals surface area contributed by atoms with Gasteiger partial charge >= 0.3 is 5.97 Å². The van der Waals surface area contributed by atoms with Crippen molar-refractivity contribution in [2.75, 3.05) is 0 Å².